The molecule has 29 heavy (non-hydrogen) atoms. The highest BCUT2D eigenvalue weighted by Gasteiger charge is 2.44. The summed E-state index contributed by atoms with van der Waals surface area (Å²) in [6, 6.07) is 8.61. The monoisotopic (exact) mass is 440 g/mol. The van der Waals surface area contributed by atoms with Crippen LogP contribution in [0.5, 0.6) is 0 Å². The first-order valence-electron chi connectivity index (χ1n) is 11.6. The minimum atomic E-state index is -2.88. The highest BCUT2D eigenvalue weighted by Crippen LogP contribution is 2.53. The van der Waals surface area contributed by atoms with Gasteiger partial charge in [-0.1, -0.05) is 69.7 Å². The van der Waals surface area contributed by atoms with Crippen molar-refractivity contribution in [2.45, 2.75) is 103 Å². The molecule has 1 saturated carbocycles. The molecule has 0 spiro atoms. The standard InChI is InChI=1S/C25H41ClO2S/c1-20(2)19-23(11-8-6-5-7-9-18-29(27,28)21(3)4)25(16-10-17-25)22-12-14-24(26)15-13-22/h12-15,20-21,23H,5-11,16-19H2,1-4H3. The second-order valence-electron chi connectivity index (χ2n) is 9.82. The van der Waals surface area contributed by atoms with Crippen LogP contribution in [0.3, 0.4) is 0 Å². The molecule has 0 N–H and O–H groups in total. The largest absolute Gasteiger partial charge is 0.229 e. The molecule has 0 radical (unpaired) electrons. The van der Waals surface area contributed by atoms with Crippen molar-refractivity contribution < 1.29 is 8.42 Å². The lowest BCUT2D eigenvalue weighted by Crippen LogP contribution is -2.42. The van der Waals surface area contributed by atoms with Gasteiger partial charge in [-0.25, -0.2) is 8.42 Å². The van der Waals surface area contributed by atoms with Gasteiger partial charge in [0.25, 0.3) is 0 Å². The Morgan fingerprint density at radius 2 is 1.52 bits per heavy atom. The maximum atomic E-state index is 11.9. The summed E-state index contributed by atoms with van der Waals surface area (Å²) in [5.41, 5.74) is 1.83. The van der Waals surface area contributed by atoms with Crippen molar-refractivity contribution in [1.82, 2.24) is 0 Å². The molecule has 1 aliphatic rings. The molecule has 2 rings (SSSR count). The van der Waals surface area contributed by atoms with E-state index in [2.05, 4.69) is 38.1 Å². The van der Waals surface area contributed by atoms with Crippen LogP contribution in [-0.4, -0.2) is 19.4 Å². The summed E-state index contributed by atoms with van der Waals surface area (Å²) in [5.74, 6) is 1.80. The number of sulfone groups is 1. The lowest BCUT2D eigenvalue weighted by molar-refractivity contribution is 0.115. The van der Waals surface area contributed by atoms with Crippen molar-refractivity contribution in [3.05, 3.63) is 34.9 Å². The average Bonchev–Trinajstić information content (AvgIpc) is 2.60. The fourth-order valence-electron chi connectivity index (χ4n) is 4.92. The zero-order valence-electron chi connectivity index (χ0n) is 18.9. The van der Waals surface area contributed by atoms with Gasteiger partial charge >= 0.3 is 0 Å². The quantitative estimate of drug-likeness (QED) is 0.296. The summed E-state index contributed by atoms with van der Waals surface area (Å²) in [5, 5.41) is 0.578. The summed E-state index contributed by atoms with van der Waals surface area (Å²) in [7, 11) is -2.88. The van der Waals surface area contributed by atoms with Crippen molar-refractivity contribution in [1.29, 1.82) is 0 Å². The van der Waals surface area contributed by atoms with E-state index in [0.717, 1.165) is 30.2 Å². The molecule has 166 valence electrons. The highest BCUT2D eigenvalue weighted by molar-refractivity contribution is 7.91. The highest BCUT2D eigenvalue weighted by atomic mass is 35.5. The predicted molar refractivity (Wildman–Crippen MR) is 127 cm³/mol. The van der Waals surface area contributed by atoms with Gasteiger partial charge in [0.05, 0.1) is 11.0 Å². The maximum absolute atomic E-state index is 11.9. The molecule has 1 atom stereocenters. The number of halogens is 1. The Morgan fingerprint density at radius 1 is 0.931 bits per heavy atom. The van der Waals surface area contributed by atoms with E-state index < -0.39 is 9.84 Å². The van der Waals surface area contributed by atoms with Gasteiger partial charge in [-0.05, 0) is 80.9 Å². The number of unbranched alkanes of at least 4 members (excludes halogenated alkanes) is 4. The predicted octanol–water partition coefficient (Wildman–Crippen LogP) is 7.59. The summed E-state index contributed by atoms with van der Waals surface area (Å²) >= 11 is 6.14. The van der Waals surface area contributed by atoms with Gasteiger partial charge in [0, 0.05) is 5.02 Å². The van der Waals surface area contributed by atoms with E-state index in [9.17, 15) is 8.42 Å². The summed E-state index contributed by atoms with van der Waals surface area (Å²) in [6.45, 7) is 8.25. The fourth-order valence-corrected chi connectivity index (χ4v) is 6.12. The van der Waals surface area contributed by atoms with Crippen LogP contribution in [0.25, 0.3) is 0 Å². The molecule has 1 aliphatic carbocycles. The second kappa shape index (κ2) is 11.2. The van der Waals surface area contributed by atoms with Crippen LogP contribution in [0.1, 0.15) is 97.5 Å². The lowest BCUT2D eigenvalue weighted by atomic mass is 9.55. The molecular weight excluding hydrogens is 400 g/mol. The van der Waals surface area contributed by atoms with Gasteiger partial charge in [0.2, 0.25) is 0 Å². The maximum Gasteiger partial charge on any atom is 0.152 e. The molecule has 0 amide bonds. The molecule has 1 aromatic carbocycles. The summed E-state index contributed by atoms with van der Waals surface area (Å²) in [6.07, 6.45) is 12.0. The molecule has 0 aliphatic heterocycles. The third kappa shape index (κ3) is 6.99. The molecule has 0 aromatic heterocycles. The first-order chi connectivity index (χ1) is 13.7. The Hall–Kier alpha value is -0.540. The normalized spacial score (nSPS) is 17.5. The first kappa shape index (κ1) is 24.7. The Morgan fingerprint density at radius 3 is 2.03 bits per heavy atom. The van der Waals surface area contributed by atoms with Crippen LogP contribution in [0.2, 0.25) is 5.02 Å². The molecule has 0 bridgehead atoms. The van der Waals surface area contributed by atoms with E-state index in [1.54, 1.807) is 13.8 Å². The number of hydrogen-bond donors (Lipinski definition) is 0. The van der Waals surface area contributed by atoms with Gasteiger partial charge in [0.1, 0.15) is 0 Å². The number of benzene rings is 1. The van der Waals surface area contributed by atoms with Crippen LogP contribution >= 0.6 is 11.6 Å². The van der Waals surface area contributed by atoms with E-state index >= 15 is 0 Å². The summed E-state index contributed by atoms with van der Waals surface area (Å²) < 4.78 is 23.8. The number of rotatable bonds is 13. The smallest absolute Gasteiger partial charge is 0.152 e. The van der Waals surface area contributed by atoms with Crippen LogP contribution in [-0.2, 0) is 15.3 Å². The van der Waals surface area contributed by atoms with Crippen LogP contribution in [0.4, 0.5) is 0 Å². The topological polar surface area (TPSA) is 34.1 Å². The SMILES string of the molecule is CC(C)CC(CCCCCCCS(=O)(=O)C(C)C)C1(c2ccc(Cl)cc2)CCC1. The third-order valence-electron chi connectivity index (χ3n) is 6.90. The van der Waals surface area contributed by atoms with Crippen LogP contribution < -0.4 is 0 Å². The fraction of sp³-hybridized carbons (Fsp3) is 0.760. The molecule has 1 fully saturated rings. The summed E-state index contributed by atoms with van der Waals surface area (Å²) in [4.78, 5) is 0. The molecule has 0 heterocycles. The zero-order valence-corrected chi connectivity index (χ0v) is 20.5. The van der Waals surface area contributed by atoms with Gasteiger partial charge in [-0.2, -0.15) is 0 Å². The van der Waals surface area contributed by atoms with Crippen molar-refractivity contribution in [2.24, 2.45) is 11.8 Å². The first-order valence-corrected chi connectivity index (χ1v) is 13.7. The zero-order chi connectivity index (χ0) is 21.5. The molecule has 4 heteroatoms. The minimum absolute atomic E-state index is 0.245. The third-order valence-corrected chi connectivity index (χ3v) is 9.45. The Labute approximate surface area is 184 Å². The van der Waals surface area contributed by atoms with E-state index in [0.29, 0.717) is 17.1 Å². The Bertz CT molecular complexity index is 703. The van der Waals surface area contributed by atoms with Crippen LogP contribution in [0.15, 0.2) is 24.3 Å². The molecule has 0 saturated heterocycles. The average molecular weight is 441 g/mol. The van der Waals surface area contributed by atoms with Crippen molar-refractivity contribution in [2.75, 3.05) is 5.75 Å². The minimum Gasteiger partial charge on any atom is -0.229 e. The van der Waals surface area contributed by atoms with Crippen molar-refractivity contribution in [3.8, 4) is 0 Å². The van der Waals surface area contributed by atoms with Crippen molar-refractivity contribution >= 4 is 21.4 Å². The molecule has 2 nitrogen and oxygen atoms in total. The van der Waals surface area contributed by atoms with E-state index in [1.165, 1.54) is 50.5 Å². The van der Waals surface area contributed by atoms with Crippen molar-refractivity contribution in [3.63, 3.8) is 0 Å². The van der Waals surface area contributed by atoms with E-state index in [1.807, 2.05) is 0 Å². The van der Waals surface area contributed by atoms with Gasteiger partial charge in [-0.15, -0.1) is 0 Å². The van der Waals surface area contributed by atoms with Gasteiger partial charge < -0.3 is 0 Å². The van der Waals surface area contributed by atoms with Gasteiger partial charge in [0.15, 0.2) is 9.84 Å². The van der Waals surface area contributed by atoms with E-state index in [4.69, 9.17) is 11.6 Å². The Kier molecular flexibility index (Phi) is 9.54. The molecular formula is C25H41ClO2S. The molecule has 1 unspecified atom stereocenters. The van der Waals surface area contributed by atoms with E-state index in [-0.39, 0.29) is 5.25 Å². The second-order valence-corrected chi connectivity index (χ2v) is 12.9. The van der Waals surface area contributed by atoms with Gasteiger partial charge in [-0.3, -0.25) is 0 Å². The van der Waals surface area contributed by atoms with Crippen LogP contribution in [0, 0.1) is 11.8 Å². The molecule has 1 aromatic rings. The number of hydrogen-bond acceptors (Lipinski definition) is 2. The Balaban J connectivity index is 1.85. The lowest BCUT2D eigenvalue weighted by Gasteiger charge is -2.49.